The fourth-order valence-electron chi connectivity index (χ4n) is 2.61. The molecule has 0 amide bonds. The van der Waals surface area contributed by atoms with Crippen LogP contribution in [0.2, 0.25) is 0 Å². The maximum absolute atomic E-state index is 4.79. The predicted octanol–water partition coefficient (Wildman–Crippen LogP) is 1.31. The summed E-state index contributed by atoms with van der Waals surface area (Å²) in [7, 11) is 6.24. The molecule has 19 heavy (non-hydrogen) atoms. The number of hydrogen-bond acceptors (Lipinski definition) is 5. The molecular weight excluding hydrogens is 238 g/mol. The van der Waals surface area contributed by atoms with Gasteiger partial charge in [0, 0.05) is 37.9 Å². The van der Waals surface area contributed by atoms with Crippen LogP contribution in [0.25, 0.3) is 0 Å². The molecular formula is C14H25N5. The molecule has 2 heterocycles. The van der Waals surface area contributed by atoms with E-state index in [9.17, 15) is 0 Å². The van der Waals surface area contributed by atoms with Crippen molar-refractivity contribution in [1.29, 1.82) is 0 Å². The number of anilines is 1. The van der Waals surface area contributed by atoms with Crippen LogP contribution in [-0.4, -0.2) is 60.5 Å². The van der Waals surface area contributed by atoms with Crippen molar-refractivity contribution in [3.63, 3.8) is 0 Å². The van der Waals surface area contributed by atoms with Crippen LogP contribution in [0.4, 0.5) is 5.82 Å². The van der Waals surface area contributed by atoms with Crippen molar-refractivity contribution in [2.24, 2.45) is 0 Å². The van der Waals surface area contributed by atoms with Gasteiger partial charge in [0.1, 0.15) is 11.6 Å². The lowest BCUT2D eigenvalue weighted by atomic mass is 10.1. The normalized spacial score (nSPS) is 21.6. The Morgan fingerprint density at radius 3 is 2.63 bits per heavy atom. The molecule has 1 unspecified atom stereocenters. The van der Waals surface area contributed by atoms with Gasteiger partial charge in [0.05, 0.1) is 6.04 Å². The van der Waals surface area contributed by atoms with Crippen LogP contribution in [0.3, 0.4) is 0 Å². The second-order valence-electron chi connectivity index (χ2n) is 5.36. The molecule has 0 aliphatic carbocycles. The highest BCUT2D eigenvalue weighted by molar-refractivity contribution is 5.45. The van der Waals surface area contributed by atoms with E-state index in [1.807, 2.05) is 7.05 Å². The third kappa shape index (κ3) is 2.87. The highest BCUT2D eigenvalue weighted by atomic mass is 15.3. The minimum absolute atomic E-state index is 0.289. The van der Waals surface area contributed by atoms with Crippen LogP contribution in [0.1, 0.15) is 30.0 Å². The number of aryl methyl sites for hydroxylation is 1. The number of aromatic nitrogens is 2. The first-order valence-electron chi connectivity index (χ1n) is 7.00. The topological polar surface area (TPSA) is 44.3 Å². The van der Waals surface area contributed by atoms with Gasteiger partial charge in [0.2, 0.25) is 0 Å². The standard InChI is InChI=1S/C14H25N5/c1-6-11-10(2)13(15-3)17-14(16-11)12-9-18(4)7-8-19(12)5/h12H,6-9H2,1-5H3,(H,15,16,17). The summed E-state index contributed by atoms with van der Waals surface area (Å²) in [5.41, 5.74) is 2.32. The molecule has 1 N–H and O–H groups in total. The van der Waals surface area contributed by atoms with Gasteiger partial charge in [-0.3, -0.25) is 4.90 Å². The second-order valence-corrected chi connectivity index (χ2v) is 5.36. The van der Waals surface area contributed by atoms with Crippen LogP contribution in [0.15, 0.2) is 0 Å². The molecule has 1 fully saturated rings. The molecule has 1 aromatic heterocycles. The van der Waals surface area contributed by atoms with Crippen molar-refractivity contribution in [3.05, 3.63) is 17.1 Å². The Hall–Kier alpha value is -1.20. The Morgan fingerprint density at radius 1 is 1.26 bits per heavy atom. The molecule has 106 valence electrons. The van der Waals surface area contributed by atoms with Crippen LogP contribution in [0, 0.1) is 6.92 Å². The summed E-state index contributed by atoms with van der Waals surface area (Å²) in [5, 5.41) is 3.19. The molecule has 1 aliphatic heterocycles. The first kappa shape index (κ1) is 14.2. The van der Waals surface area contributed by atoms with Gasteiger partial charge in [-0.1, -0.05) is 6.92 Å². The van der Waals surface area contributed by atoms with Crippen LogP contribution in [0.5, 0.6) is 0 Å². The fraction of sp³-hybridized carbons (Fsp3) is 0.714. The Bertz CT molecular complexity index is 420. The number of nitrogens with zero attached hydrogens (tertiary/aromatic N) is 4. The summed E-state index contributed by atoms with van der Waals surface area (Å²) >= 11 is 0. The van der Waals surface area contributed by atoms with E-state index in [2.05, 4.69) is 43.1 Å². The van der Waals surface area contributed by atoms with E-state index in [0.717, 1.165) is 43.4 Å². The van der Waals surface area contributed by atoms with E-state index >= 15 is 0 Å². The van der Waals surface area contributed by atoms with E-state index in [1.54, 1.807) is 0 Å². The number of rotatable bonds is 3. The van der Waals surface area contributed by atoms with Crippen LogP contribution >= 0.6 is 0 Å². The molecule has 1 atom stereocenters. The zero-order chi connectivity index (χ0) is 14.0. The minimum Gasteiger partial charge on any atom is -0.373 e. The van der Waals surface area contributed by atoms with Crippen LogP contribution in [-0.2, 0) is 6.42 Å². The maximum atomic E-state index is 4.79. The lowest BCUT2D eigenvalue weighted by Crippen LogP contribution is -2.45. The van der Waals surface area contributed by atoms with Gasteiger partial charge in [-0.2, -0.15) is 0 Å². The lowest BCUT2D eigenvalue weighted by Gasteiger charge is -2.37. The number of piperazine rings is 1. The van der Waals surface area contributed by atoms with Crippen molar-refractivity contribution in [2.75, 3.05) is 46.1 Å². The average molecular weight is 263 g/mol. The molecule has 0 spiro atoms. The number of nitrogens with one attached hydrogen (secondary N) is 1. The van der Waals surface area contributed by atoms with E-state index in [4.69, 9.17) is 9.97 Å². The Labute approximate surface area is 116 Å². The molecule has 1 saturated heterocycles. The number of hydrogen-bond donors (Lipinski definition) is 1. The van der Waals surface area contributed by atoms with E-state index in [0.29, 0.717) is 0 Å². The molecule has 0 bridgehead atoms. The number of likely N-dealkylation sites (N-methyl/N-ethyl adjacent to an activating group) is 2. The lowest BCUT2D eigenvalue weighted by molar-refractivity contribution is 0.109. The zero-order valence-corrected chi connectivity index (χ0v) is 12.7. The molecule has 0 radical (unpaired) electrons. The molecule has 2 rings (SSSR count). The smallest absolute Gasteiger partial charge is 0.149 e. The minimum atomic E-state index is 0.289. The van der Waals surface area contributed by atoms with Crippen molar-refractivity contribution < 1.29 is 0 Å². The summed E-state index contributed by atoms with van der Waals surface area (Å²) in [4.78, 5) is 14.2. The van der Waals surface area contributed by atoms with Crippen molar-refractivity contribution in [3.8, 4) is 0 Å². The van der Waals surface area contributed by atoms with E-state index in [1.165, 1.54) is 5.56 Å². The molecule has 5 nitrogen and oxygen atoms in total. The van der Waals surface area contributed by atoms with Gasteiger partial charge in [0.15, 0.2) is 0 Å². The summed E-state index contributed by atoms with van der Waals surface area (Å²) in [6.45, 7) is 7.40. The van der Waals surface area contributed by atoms with Gasteiger partial charge >= 0.3 is 0 Å². The van der Waals surface area contributed by atoms with E-state index in [-0.39, 0.29) is 6.04 Å². The maximum Gasteiger partial charge on any atom is 0.149 e. The monoisotopic (exact) mass is 263 g/mol. The second kappa shape index (κ2) is 5.84. The molecule has 0 saturated carbocycles. The van der Waals surface area contributed by atoms with Crippen molar-refractivity contribution >= 4 is 5.82 Å². The van der Waals surface area contributed by atoms with Gasteiger partial charge in [-0.05, 0) is 27.4 Å². The molecule has 1 aliphatic rings. The third-order valence-electron chi connectivity index (χ3n) is 3.98. The first-order chi connectivity index (χ1) is 9.06. The summed E-state index contributed by atoms with van der Waals surface area (Å²) < 4.78 is 0. The van der Waals surface area contributed by atoms with Gasteiger partial charge in [-0.25, -0.2) is 9.97 Å². The Morgan fingerprint density at radius 2 is 2.00 bits per heavy atom. The summed E-state index contributed by atoms with van der Waals surface area (Å²) in [5.74, 6) is 1.91. The predicted molar refractivity (Wildman–Crippen MR) is 78.6 cm³/mol. The first-order valence-corrected chi connectivity index (χ1v) is 7.00. The van der Waals surface area contributed by atoms with Crippen molar-refractivity contribution in [2.45, 2.75) is 26.3 Å². The molecule has 0 aromatic carbocycles. The fourth-order valence-corrected chi connectivity index (χ4v) is 2.61. The largest absolute Gasteiger partial charge is 0.373 e. The highest BCUT2D eigenvalue weighted by Crippen LogP contribution is 2.24. The average Bonchev–Trinajstić information content (AvgIpc) is 2.42. The molecule has 5 heteroatoms. The van der Waals surface area contributed by atoms with Gasteiger partial charge in [-0.15, -0.1) is 0 Å². The Balaban J connectivity index is 2.38. The highest BCUT2D eigenvalue weighted by Gasteiger charge is 2.27. The SMILES string of the molecule is CCc1nc(C2CN(C)CCN2C)nc(NC)c1C. The van der Waals surface area contributed by atoms with Gasteiger partial charge in [0.25, 0.3) is 0 Å². The van der Waals surface area contributed by atoms with Crippen LogP contribution < -0.4 is 5.32 Å². The quantitative estimate of drug-likeness (QED) is 0.891. The summed E-state index contributed by atoms with van der Waals surface area (Å²) in [6, 6.07) is 0.289. The third-order valence-corrected chi connectivity index (χ3v) is 3.98. The molecule has 1 aromatic rings. The van der Waals surface area contributed by atoms with Gasteiger partial charge < -0.3 is 10.2 Å². The summed E-state index contributed by atoms with van der Waals surface area (Å²) in [6.07, 6.45) is 0.947. The van der Waals surface area contributed by atoms with Crippen molar-refractivity contribution in [1.82, 2.24) is 19.8 Å². The Kier molecular flexibility index (Phi) is 4.37. The van der Waals surface area contributed by atoms with E-state index < -0.39 is 0 Å². The zero-order valence-electron chi connectivity index (χ0n) is 12.7.